The topological polar surface area (TPSA) is 92.6 Å². The molecule has 1 N–H and O–H groups in total. The van der Waals surface area contributed by atoms with Crippen LogP contribution in [-0.2, 0) is 4.79 Å². The van der Waals surface area contributed by atoms with Crippen molar-refractivity contribution in [1.82, 2.24) is 20.1 Å². The Bertz CT molecular complexity index is 1160. The van der Waals surface area contributed by atoms with Crippen LogP contribution in [0.2, 0.25) is 0 Å². The molecule has 3 aliphatic rings. The van der Waals surface area contributed by atoms with Gasteiger partial charge in [-0.05, 0) is 48.8 Å². The van der Waals surface area contributed by atoms with Gasteiger partial charge in [-0.3, -0.25) is 9.78 Å². The van der Waals surface area contributed by atoms with Crippen molar-refractivity contribution in [2.45, 2.75) is 38.4 Å². The number of nitriles is 1. The molecule has 0 aliphatic carbocycles. The van der Waals surface area contributed by atoms with Crippen LogP contribution in [0.1, 0.15) is 25.8 Å². The Balaban J connectivity index is 1.48. The van der Waals surface area contributed by atoms with Crippen LogP contribution in [0.3, 0.4) is 0 Å². The maximum absolute atomic E-state index is 13.5. The molecule has 31 heavy (non-hydrogen) atoms. The van der Waals surface area contributed by atoms with Crippen molar-refractivity contribution in [3.05, 3.63) is 36.0 Å². The van der Waals surface area contributed by atoms with Gasteiger partial charge >= 0.3 is 6.03 Å². The fraction of sp³-hybridized carbons (Fsp3) is 0.409. The van der Waals surface area contributed by atoms with Crippen LogP contribution in [0.4, 0.5) is 10.5 Å². The van der Waals surface area contributed by atoms with Gasteiger partial charge in [0.05, 0.1) is 28.9 Å². The molecule has 3 fully saturated rings. The normalized spacial score (nSPS) is 24.3. The van der Waals surface area contributed by atoms with E-state index in [1.54, 1.807) is 35.4 Å². The van der Waals surface area contributed by atoms with E-state index in [-0.39, 0.29) is 24.0 Å². The minimum Gasteiger partial charge on any atom is -0.362 e. The molecule has 4 heterocycles. The van der Waals surface area contributed by atoms with Gasteiger partial charge in [0.1, 0.15) is 12.1 Å². The number of benzene rings is 1. The molecular weight excluding hydrogens is 412 g/mol. The van der Waals surface area contributed by atoms with Gasteiger partial charge in [0, 0.05) is 24.7 Å². The number of anilines is 1. The van der Waals surface area contributed by atoms with Crippen molar-refractivity contribution >= 4 is 45.9 Å². The Hall–Kier alpha value is -3.25. The number of carbonyl (C=O) groups excluding carboxylic acids is 2. The lowest BCUT2D eigenvalue weighted by Gasteiger charge is -2.36. The molecule has 0 saturated carbocycles. The van der Waals surface area contributed by atoms with Gasteiger partial charge in [-0.2, -0.15) is 5.26 Å². The van der Waals surface area contributed by atoms with Crippen molar-refractivity contribution in [3.63, 3.8) is 0 Å². The first kappa shape index (κ1) is 19.7. The second kappa shape index (κ2) is 7.17. The highest BCUT2D eigenvalue weighted by Crippen LogP contribution is 2.43. The number of hydrogen-bond acceptors (Lipinski definition) is 5. The van der Waals surface area contributed by atoms with Crippen molar-refractivity contribution in [2.75, 3.05) is 18.0 Å². The summed E-state index contributed by atoms with van der Waals surface area (Å²) in [7, 11) is 0. The molecular formula is C22H22N6O2S. The van der Waals surface area contributed by atoms with Crippen molar-refractivity contribution < 1.29 is 9.59 Å². The number of piperazine rings is 1. The minimum absolute atomic E-state index is 0.0435. The van der Waals surface area contributed by atoms with Gasteiger partial charge in [-0.1, -0.05) is 13.8 Å². The number of carbonyl (C=O) groups is 2. The Labute approximate surface area is 185 Å². The fourth-order valence-corrected chi connectivity index (χ4v) is 5.24. The molecule has 9 heteroatoms. The van der Waals surface area contributed by atoms with E-state index in [9.17, 15) is 14.9 Å². The lowest BCUT2D eigenvalue weighted by molar-refractivity contribution is -0.120. The second-order valence-electron chi connectivity index (χ2n) is 8.64. The van der Waals surface area contributed by atoms with Crippen molar-refractivity contribution in [2.24, 2.45) is 5.92 Å². The average Bonchev–Trinajstić information content (AvgIpc) is 3.43. The lowest BCUT2D eigenvalue weighted by Crippen LogP contribution is -2.57. The number of fused-ring (bicyclic) bond motifs is 6. The first-order chi connectivity index (χ1) is 14.9. The van der Waals surface area contributed by atoms with Gasteiger partial charge in [0.25, 0.3) is 5.91 Å². The van der Waals surface area contributed by atoms with E-state index >= 15 is 0 Å². The lowest BCUT2D eigenvalue weighted by atomic mass is 10.1. The number of pyridine rings is 1. The molecule has 8 nitrogen and oxygen atoms in total. The maximum Gasteiger partial charge on any atom is 0.332 e. The summed E-state index contributed by atoms with van der Waals surface area (Å²) in [6, 6.07) is 7.90. The van der Waals surface area contributed by atoms with Crippen LogP contribution in [0.5, 0.6) is 0 Å². The highest BCUT2D eigenvalue weighted by Gasteiger charge is 2.62. The molecule has 2 bridgehead atoms. The Morgan fingerprint density at radius 2 is 2.16 bits per heavy atom. The predicted molar refractivity (Wildman–Crippen MR) is 119 cm³/mol. The van der Waals surface area contributed by atoms with E-state index in [0.717, 1.165) is 13.0 Å². The zero-order valence-electron chi connectivity index (χ0n) is 17.3. The Kier molecular flexibility index (Phi) is 4.55. The summed E-state index contributed by atoms with van der Waals surface area (Å²) >= 11 is 5.59. The van der Waals surface area contributed by atoms with Crippen LogP contribution in [-0.4, -0.2) is 63.0 Å². The molecule has 2 aromatic rings. The number of imide groups is 1. The molecule has 0 spiro atoms. The van der Waals surface area contributed by atoms with Crippen molar-refractivity contribution in [3.8, 4) is 6.07 Å². The molecule has 3 amide bonds. The number of urea groups is 1. The number of aromatic nitrogens is 1. The summed E-state index contributed by atoms with van der Waals surface area (Å²) in [6.07, 6.45) is 2.34. The van der Waals surface area contributed by atoms with Gasteiger partial charge in [0.2, 0.25) is 0 Å². The third-order valence-corrected chi connectivity index (χ3v) is 6.67. The minimum atomic E-state index is -0.549. The molecule has 1 unspecified atom stereocenters. The molecule has 5 rings (SSSR count). The number of nitrogens with one attached hydrogen (secondary N) is 1. The number of thiocarbonyl (C=S) groups is 1. The standard InChI is InChI=1S/C22H22N6O2S/c1-12(2)10-25-21(31)26-11-14-8-17(26)19-20(29)28(22(30)27(14)19)16-6-5-13(9-23)18-15(16)4-3-7-24-18/h3-7,12,14,17,19H,8,10-11H2,1-2H3,(H,25,31)/t14-,17?,19-/m1/s1. The number of rotatable bonds is 3. The summed E-state index contributed by atoms with van der Waals surface area (Å²) in [6.45, 7) is 5.63. The largest absolute Gasteiger partial charge is 0.362 e. The summed E-state index contributed by atoms with van der Waals surface area (Å²) < 4.78 is 0. The highest BCUT2D eigenvalue weighted by atomic mass is 32.1. The van der Waals surface area contributed by atoms with Gasteiger partial charge in [-0.25, -0.2) is 9.69 Å². The van der Waals surface area contributed by atoms with E-state index in [2.05, 4.69) is 35.1 Å². The molecule has 3 aliphatic heterocycles. The SMILES string of the molecule is CC(C)CNC(=S)N1C[C@H]2CC1[C@@H]1C(=O)N(c3ccc(C#N)c4ncccc34)C(=O)N21. The molecule has 3 atom stereocenters. The quantitative estimate of drug-likeness (QED) is 0.585. The molecule has 1 aromatic carbocycles. The second-order valence-corrected chi connectivity index (χ2v) is 9.03. The third-order valence-electron chi connectivity index (χ3n) is 6.29. The zero-order chi connectivity index (χ0) is 21.9. The van der Waals surface area contributed by atoms with Crippen LogP contribution >= 0.6 is 12.2 Å². The van der Waals surface area contributed by atoms with E-state index < -0.39 is 6.04 Å². The summed E-state index contributed by atoms with van der Waals surface area (Å²) in [5, 5.41) is 13.9. The summed E-state index contributed by atoms with van der Waals surface area (Å²) in [5.41, 5.74) is 1.36. The van der Waals surface area contributed by atoms with E-state index in [4.69, 9.17) is 12.2 Å². The fourth-order valence-electron chi connectivity index (χ4n) is 4.95. The number of hydrogen-bond donors (Lipinski definition) is 1. The zero-order valence-corrected chi connectivity index (χ0v) is 18.1. The summed E-state index contributed by atoms with van der Waals surface area (Å²) in [4.78, 5) is 36.2. The van der Waals surface area contributed by atoms with E-state index in [1.807, 2.05) is 0 Å². The molecule has 158 valence electrons. The van der Waals surface area contributed by atoms with Crippen LogP contribution in [0.15, 0.2) is 30.5 Å². The van der Waals surface area contributed by atoms with E-state index in [1.165, 1.54) is 4.90 Å². The van der Waals surface area contributed by atoms with Crippen LogP contribution < -0.4 is 10.2 Å². The van der Waals surface area contributed by atoms with E-state index in [0.29, 0.717) is 39.7 Å². The predicted octanol–water partition coefficient (Wildman–Crippen LogP) is 2.23. The van der Waals surface area contributed by atoms with Gasteiger partial charge in [0.15, 0.2) is 5.11 Å². The smallest absolute Gasteiger partial charge is 0.332 e. The molecule has 3 saturated heterocycles. The van der Waals surface area contributed by atoms with Gasteiger partial charge < -0.3 is 15.1 Å². The maximum atomic E-state index is 13.5. The Morgan fingerprint density at radius 1 is 1.35 bits per heavy atom. The van der Waals surface area contributed by atoms with Gasteiger partial charge in [-0.15, -0.1) is 0 Å². The number of likely N-dealkylation sites (tertiary alicyclic amines) is 1. The molecule has 0 radical (unpaired) electrons. The van der Waals surface area contributed by atoms with Crippen LogP contribution in [0, 0.1) is 17.2 Å². The third kappa shape index (κ3) is 2.86. The first-order valence-corrected chi connectivity index (χ1v) is 10.8. The number of amides is 3. The monoisotopic (exact) mass is 434 g/mol. The van der Waals surface area contributed by atoms with Crippen LogP contribution in [0.25, 0.3) is 10.9 Å². The van der Waals surface area contributed by atoms with Crippen molar-refractivity contribution in [1.29, 1.82) is 5.26 Å². The number of nitrogens with zero attached hydrogens (tertiary/aromatic N) is 5. The summed E-state index contributed by atoms with van der Waals surface area (Å²) in [5.74, 6) is 0.210. The Morgan fingerprint density at radius 3 is 2.90 bits per heavy atom. The highest BCUT2D eigenvalue weighted by molar-refractivity contribution is 7.80. The molecule has 1 aromatic heterocycles. The average molecular weight is 435 g/mol. The first-order valence-electron chi connectivity index (χ1n) is 10.4.